The fraction of sp³-hybridized carbons (Fsp3) is 0.500. The van der Waals surface area contributed by atoms with Gasteiger partial charge in [-0.1, -0.05) is 32.5 Å². The third kappa shape index (κ3) is 3.96. The van der Waals surface area contributed by atoms with Crippen LogP contribution in [0.15, 0.2) is 27.7 Å². The predicted molar refractivity (Wildman–Crippen MR) is 85.5 cm³/mol. The van der Waals surface area contributed by atoms with Gasteiger partial charge in [-0.3, -0.25) is 4.99 Å². The summed E-state index contributed by atoms with van der Waals surface area (Å²) in [6, 6.07) is 5.24. The van der Waals surface area contributed by atoms with Gasteiger partial charge in [0.2, 0.25) is 0 Å². The minimum Gasteiger partial charge on any atom is -0.335 e. The van der Waals surface area contributed by atoms with E-state index in [0.29, 0.717) is 10.5 Å². The van der Waals surface area contributed by atoms with Crippen LogP contribution in [-0.2, 0) is 0 Å². The Morgan fingerprint density at radius 3 is 2.79 bits per heavy atom. The highest BCUT2D eigenvalue weighted by Crippen LogP contribution is 2.31. The number of thioether (sulfide) groups is 1. The van der Waals surface area contributed by atoms with Crippen molar-refractivity contribution in [3.8, 4) is 0 Å². The van der Waals surface area contributed by atoms with E-state index in [0.717, 1.165) is 23.0 Å². The van der Waals surface area contributed by atoms with Gasteiger partial charge in [0.25, 0.3) is 0 Å². The fourth-order valence-electron chi connectivity index (χ4n) is 1.90. The van der Waals surface area contributed by atoms with E-state index >= 15 is 0 Å². The molecule has 0 fully saturated rings. The quantitative estimate of drug-likeness (QED) is 0.782. The highest BCUT2D eigenvalue weighted by atomic mass is 79.9. The molecule has 1 aromatic carbocycles. The predicted octanol–water partition coefficient (Wildman–Crippen LogP) is 4.91. The summed E-state index contributed by atoms with van der Waals surface area (Å²) in [6.07, 6.45) is 1.10. The molecule has 1 unspecified atom stereocenters. The van der Waals surface area contributed by atoms with Gasteiger partial charge >= 0.3 is 0 Å². The summed E-state index contributed by atoms with van der Waals surface area (Å²) in [6.45, 7) is 6.63. The van der Waals surface area contributed by atoms with E-state index in [1.807, 2.05) is 0 Å². The van der Waals surface area contributed by atoms with Crippen LogP contribution in [0.3, 0.4) is 0 Å². The summed E-state index contributed by atoms with van der Waals surface area (Å²) in [5, 5.41) is 4.19. The van der Waals surface area contributed by atoms with Crippen molar-refractivity contribution in [2.45, 2.75) is 33.2 Å². The Kier molecular flexibility index (Phi) is 4.56. The van der Waals surface area contributed by atoms with E-state index in [4.69, 9.17) is 4.99 Å². The summed E-state index contributed by atoms with van der Waals surface area (Å²) in [5.74, 6) is 0.812. The van der Waals surface area contributed by atoms with Crippen molar-refractivity contribution in [1.29, 1.82) is 0 Å². The first kappa shape index (κ1) is 14.9. The molecule has 0 saturated carbocycles. The van der Waals surface area contributed by atoms with Gasteiger partial charge in [-0.2, -0.15) is 0 Å². The molecule has 0 bridgehead atoms. The largest absolute Gasteiger partial charge is 0.335 e. The molecule has 5 heteroatoms. The molecular formula is C14H18BrFN2S. The zero-order valence-electron chi connectivity index (χ0n) is 11.3. The molecule has 2 rings (SSSR count). The Bertz CT molecular complexity index is 497. The van der Waals surface area contributed by atoms with Gasteiger partial charge in [0.1, 0.15) is 5.82 Å². The molecule has 19 heavy (non-hydrogen) atoms. The molecule has 1 aliphatic rings. The first-order valence-electron chi connectivity index (χ1n) is 6.29. The molecule has 0 aromatic heterocycles. The summed E-state index contributed by atoms with van der Waals surface area (Å²) in [4.78, 5) is 4.76. The average Bonchev–Trinajstić information content (AvgIpc) is 2.33. The number of anilines is 1. The maximum absolute atomic E-state index is 13.2. The number of rotatable bonds is 1. The molecule has 0 amide bonds. The normalized spacial score (nSPS) is 20.1. The van der Waals surface area contributed by atoms with Crippen LogP contribution >= 0.6 is 27.7 Å². The third-order valence-corrected chi connectivity index (χ3v) is 4.60. The molecule has 0 saturated heterocycles. The molecule has 0 aliphatic carbocycles. The first-order valence-corrected chi connectivity index (χ1v) is 8.07. The van der Waals surface area contributed by atoms with Gasteiger partial charge in [-0.25, -0.2) is 4.39 Å². The van der Waals surface area contributed by atoms with Crippen molar-refractivity contribution in [3.05, 3.63) is 28.5 Å². The van der Waals surface area contributed by atoms with Crippen molar-refractivity contribution in [3.63, 3.8) is 0 Å². The summed E-state index contributed by atoms with van der Waals surface area (Å²) < 4.78 is 13.6. The van der Waals surface area contributed by atoms with Crippen LogP contribution in [0.25, 0.3) is 0 Å². The summed E-state index contributed by atoms with van der Waals surface area (Å²) in [7, 11) is 0. The standard InChI is InChI=1S/C14H18BrFN2S/c1-14(2,3)12-6-7-19-13(18-12)17-9-4-5-11(16)10(15)8-9/h4-5,8,12H,6-7H2,1-3H3,(H,17,18). The number of aliphatic imine (C=N–C) groups is 1. The maximum Gasteiger partial charge on any atom is 0.161 e. The summed E-state index contributed by atoms with van der Waals surface area (Å²) in [5.41, 5.74) is 1.03. The second-order valence-electron chi connectivity index (χ2n) is 5.71. The Morgan fingerprint density at radius 2 is 2.16 bits per heavy atom. The van der Waals surface area contributed by atoms with Gasteiger partial charge in [-0.15, -0.1) is 0 Å². The molecule has 0 radical (unpaired) electrons. The van der Waals surface area contributed by atoms with Crippen LogP contribution in [0, 0.1) is 11.2 Å². The Balaban J connectivity index is 2.14. The van der Waals surface area contributed by atoms with Gasteiger partial charge in [0.15, 0.2) is 5.17 Å². The minimum atomic E-state index is -0.253. The molecule has 0 spiro atoms. The maximum atomic E-state index is 13.2. The smallest absolute Gasteiger partial charge is 0.161 e. The van der Waals surface area contributed by atoms with Crippen molar-refractivity contribution in [2.75, 3.05) is 11.1 Å². The van der Waals surface area contributed by atoms with E-state index in [1.54, 1.807) is 23.9 Å². The zero-order valence-corrected chi connectivity index (χ0v) is 13.7. The highest BCUT2D eigenvalue weighted by Gasteiger charge is 2.27. The third-order valence-electron chi connectivity index (χ3n) is 3.07. The summed E-state index contributed by atoms with van der Waals surface area (Å²) >= 11 is 4.91. The Labute approximate surface area is 126 Å². The number of nitrogens with one attached hydrogen (secondary N) is 1. The van der Waals surface area contributed by atoms with E-state index < -0.39 is 0 Å². The number of nitrogens with zero attached hydrogens (tertiary/aromatic N) is 1. The molecule has 1 atom stereocenters. The van der Waals surface area contributed by atoms with Crippen LogP contribution in [0.2, 0.25) is 0 Å². The number of amidine groups is 1. The van der Waals surface area contributed by atoms with Gasteiger partial charge in [0.05, 0.1) is 10.5 Å². The van der Waals surface area contributed by atoms with Crippen molar-refractivity contribution >= 4 is 38.5 Å². The van der Waals surface area contributed by atoms with E-state index in [2.05, 4.69) is 42.0 Å². The molecule has 1 heterocycles. The van der Waals surface area contributed by atoms with E-state index in [1.165, 1.54) is 6.07 Å². The van der Waals surface area contributed by atoms with Crippen LogP contribution < -0.4 is 5.32 Å². The van der Waals surface area contributed by atoms with Crippen LogP contribution in [0.1, 0.15) is 27.2 Å². The van der Waals surface area contributed by atoms with Crippen LogP contribution in [-0.4, -0.2) is 17.0 Å². The van der Waals surface area contributed by atoms with Crippen LogP contribution in [0.4, 0.5) is 10.1 Å². The lowest BCUT2D eigenvalue weighted by Crippen LogP contribution is -2.30. The average molecular weight is 345 g/mol. The topological polar surface area (TPSA) is 24.4 Å². The Morgan fingerprint density at radius 1 is 1.42 bits per heavy atom. The van der Waals surface area contributed by atoms with Crippen molar-refractivity contribution in [2.24, 2.45) is 10.4 Å². The zero-order chi connectivity index (χ0) is 14.0. The molecular weight excluding hydrogens is 327 g/mol. The monoisotopic (exact) mass is 344 g/mol. The lowest BCUT2D eigenvalue weighted by atomic mass is 9.85. The van der Waals surface area contributed by atoms with Crippen molar-refractivity contribution in [1.82, 2.24) is 0 Å². The van der Waals surface area contributed by atoms with E-state index in [9.17, 15) is 4.39 Å². The van der Waals surface area contributed by atoms with Gasteiger partial charge < -0.3 is 5.32 Å². The lowest BCUT2D eigenvalue weighted by Gasteiger charge is -2.31. The van der Waals surface area contributed by atoms with E-state index in [-0.39, 0.29) is 11.2 Å². The highest BCUT2D eigenvalue weighted by molar-refractivity contribution is 9.10. The minimum absolute atomic E-state index is 0.178. The SMILES string of the molecule is CC(C)(C)C1CCSC(Nc2ccc(F)c(Br)c2)=N1. The number of hydrogen-bond acceptors (Lipinski definition) is 3. The first-order chi connectivity index (χ1) is 8.86. The number of hydrogen-bond donors (Lipinski definition) is 1. The van der Waals surface area contributed by atoms with Gasteiger partial charge in [-0.05, 0) is 46.0 Å². The molecule has 2 nitrogen and oxygen atoms in total. The van der Waals surface area contributed by atoms with Gasteiger partial charge in [0, 0.05) is 11.4 Å². The molecule has 104 valence electrons. The second-order valence-corrected chi connectivity index (χ2v) is 7.65. The number of benzene rings is 1. The molecule has 1 aromatic rings. The van der Waals surface area contributed by atoms with Crippen molar-refractivity contribution < 1.29 is 4.39 Å². The van der Waals surface area contributed by atoms with Crippen LogP contribution in [0.5, 0.6) is 0 Å². The second kappa shape index (κ2) is 5.83. The lowest BCUT2D eigenvalue weighted by molar-refractivity contribution is 0.316. The Hall–Kier alpha value is -0.550. The number of halogens is 2. The molecule has 1 aliphatic heterocycles. The molecule has 1 N–H and O–H groups in total. The fourth-order valence-corrected chi connectivity index (χ4v) is 3.21.